The minimum absolute atomic E-state index is 0.0270. The van der Waals surface area contributed by atoms with E-state index in [1.165, 1.54) is 24.7 Å². The topological polar surface area (TPSA) is 105 Å². The molecule has 0 aliphatic rings. The molecule has 0 unspecified atom stereocenters. The summed E-state index contributed by atoms with van der Waals surface area (Å²) in [6, 6.07) is 1.50. The van der Waals surface area contributed by atoms with Gasteiger partial charge < -0.3 is 15.9 Å². The second kappa shape index (κ2) is 6.75. The summed E-state index contributed by atoms with van der Waals surface area (Å²) in [5.74, 6) is 0.601. The maximum atomic E-state index is 8.97. The van der Waals surface area contributed by atoms with Gasteiger partial charge in [0.2, 0.25) is 5.95 Å². The van der Waals surface area contributed by atoms with Crippen LogP contribution < -0.4 is 5.73 Å². The maximum absolute atomic E-state index is 8.97. The lowest BCUT2D eigenvalue weighted by Gasteiger charge is -2.05. The van der Waals surface area contributed by atoms with E-state index in [2.05, 4.69) is 15.0 Å². The Labute approximate surface area is 115 Å². The third-order valence-corrected chi connectivity index (χ3v) is 2.36. The Bertz CT molecular complexity index is 511. The molecule has 0 aliphatic carbocycles. The number of aromatic nitrogens is 3. The van der Waals surface area contributed by atoms with Crippen LogP contribution in [0.5, 0.6) is 11.5 Å². The zero-order valence-electron chi connectivity index (χ0n) is 10.6. The van der Waals surface area contributed by atoms with Crippen LogP contribution in [0, 0.1) is 0 Å². The van der Waals surface area contributed by atoms with E-state index < -0.39 is 0 Å². The molecular weight excluding hydrogens is 268 g/mol. The largest absolute Gasteiger partial charge is 0.506 e. The van der Waals surface area contributed by atoms with Gasteiger partial charge in [-0.15, -0.1) is 0 Å². The summed E-state index contributed by atoms with van der Waals surface area (Å²) >= 11 is 5.80. The van der Waals surface area contributed by atoms with Crippen molar-refractivity contribution in [1.82, 2.24) is 15.0 Å². The number of nitrogens with two attached hydrogens (primary N) is 1. The van der Waals surface area contributed by atoms with Crippen molar-refractivity contribution in [2.75, 3.05) is 5.73 Å². The molecule has 4 N–H and O–H groups in total. The van der Waals surface area contributed by atoms with E-state index in [0.29, 0.717) is 10.9 Å². The predicted octanol–water partition coefficient (Wildman–Crippen LogP) is 2.33. The fraction of sp³-hybridized carbons (Fsp3) is 0.250. The zero-order chi connectivity index (χ0) is 14.4. The molecule has 102 valence electrons. The van der Waals surface area contributed by atoms with Crippen molar-refractivity contribution in [2.24, 2.45) is 0 Å². The Balaban J connectivity index is 0.000000200. The molecule has 2 aromatic rings. The first-order chi connectivity index (χ1) is 8.90. The lowest BCUT2D eigenvalue weighted by molar-refractivity contribution is 0.470. The molecule has 19 heavy (non-hydrogen) atoms. The highest BCUT2D eigenvalue weighted by Gasteiger charge is 2.06. The fourth-order valence-corrected chi connectivity index (χ4v) is 1.57. The van der Waals surface area contributed by atoms with Gasteiger partial charge in [-0.2, -0.15) is 0 Å². The fourth-order valence-electron chi connectivity index (χ4n) is 1.19. The van der Waals surface area contributed by atoms with Crippen molar-refractivity contribution in [1.29, 1.82) is 0 Å². The average Bonchev–Trinajstić information content (AvgIpc) is 2.33. The number of aromatic hydroxyl groups is 2. The van der Waals surface area contributed by atoms with Gasteiger partial charge in [0.25, 0.3) is 0 Å². The lowest BCUT2D eigenvalue weighted by atomic mass is 10.1. The Morgan fingerprint density at radius 1 is 1.05 bits per heavy atom. The average molecular weight is 283 g/mol. The first-order valence-electron chi connectivity index (χ1n) is 5.51. The van der Waals surface area contributed by atoms with Crippen LogP contribution in [-0.2, 0) is 0 Å². The van der Waals surface area contributed by atoms with Gasteiger partial charge in [-0.1, -0.05) is 25.4 Å². The van der Waals surface area contributed by atoms with Crippen LogP contribution in [0.4, 0.5) is 5.95 Å². The van der Waals surface area contributed by atoms with Gasteiger partial charge in [-0.05, 0) is 5.92 Å². The molecule has 0 fully saturated rings. The molecule has 0 aromatic carbocycles. The van der Waals surface area contributed by atoms with Crippen molar-refractivity contribution in [3.8, 4) is 11.5 Å². The van der Waals surface area contributed by atoms with Crippen LogP contribution >= 0.6 is 11.6 Å². The number of nitrogens with zero attached hydrogens (tertiary/aromatic N) is 3. The normalized spacial score (nSPS) is 9.89. The number of halogens is 1. The lowest BCUT2D eigenvalue weighted by Crippen LogP contribution is -1.92. The van der Waals surface area contributed by atoms with Gasteiger partial charge in [0.1, 0.15) is 5.75 Å². The smallest absolute Gasteiger partial charge is 0.220 e. The number of pyridine rings is 1. The molecule has 0 spiro atoms. The zero-order valence-corrected chi connectivity index (χ0v) is 11.3. The molecule has 2 aromatic heterocycles. The van der Waals surface area contributed by atoms with Gasteiger partial charge >= 0.3 is 0 Å². The van der Waals surface area contributed by atoms with Crippen LogP contribution in [0.3, 0.4) is 0 Å². The van der Waals surface area contributed by atoms with E-state index in [-0.39, 0.29) is 17.4 Å². The van der Waals surface area contributed by atoms with Crippen molar-refractivity contribution in [3.05, 3.63) is 35.4 Å². The monoisotopic (exact) mass is 282 g/mol. The molecule has 2 rings (SSSR count). The Morgan fingerprint density at radius 2 is 1.58 bits per heavy atom. The van der Waals surface area contributed by atoms with E-state index >= 15 is 0 Å². The molecular formula is C12H15ClN4O2. The van der Waals surface area contributed by atoms with Crippen LogP contribution in [-0.4, -0.2) is 25.2 Å². The Morgan fingerprint density at radius 3 is 2.00 bits per heavy atom. The molecule has 0 bridgehead atoms. The number of hydrogen-bond donors (Lipinski definition) is 3. The summed E-state index contributed by atoms with van der Waals surface area (Å²) in [6.07, 6.45) is 3.88. The van der Waals surface area contributed by atoms with Crippen molar-refractivity contribution in [3.63, 3.8) is 0 Å². The molecule has 0 aliphatic heterocycles. The van der Waals surface area contributed by atoms with Crippen molar-refractivity contribution < 1.29 is 10.2 Å². The number of nitrogen functional groups attached to an aromatic ring is 1. The molecule has 6 nitrogen and oxygen atoms in total. The summed E-state index contributed by atoms with van der Waals surface area (Å²) in [5.41, 5.74) is 5.92. The Kier molecular flexibility index (Phi) is 5.32. The standard InChI is InChI=1S/C8H10ClNO.C4H5N3O/c1-5(2)8-7(9)3-6(11)4-10-8;5-4-6-1-3(8)2-7-4/h3-5,11H,1-2H3;1-2,8H,(H2,5,6,7). The molecule has 7 heteroatoms. The van der Waals surface area contributed by atoms with Crippen molar-refractivity contribution in [2.45, 2.75) is 19.8 Å². The summed E-state index contributed by atoms with van der Waals surface area (Å²) in [4.78, 5) is 11.0. The SMILES string of the molecule is CC(C)c1ncc(O)cc1Cl.Nc1ncc(O)cn1. The van der Waals surface area contributed by atoms with Crippen LogP contribution in [0.2, 0.25) is 5.02 Å². The van der Waals surface area contributed by atoms with Crippen LogP contribution in [0.25, 0.3) is 0 Å². The van der Waals surface area contributed by atoms with Gasteiger partial charge in [0, 0.05) is 6.07 Å². The molecule has 0 saturated carbocycles. The minimum Gasteiger partial charge on any atom is -0.506 e. The maximum Gasteiger partial charge on any atom is 0.220 e. The quantitative estimate of drug-likeness (QED) is 0.741. The molecule has 0 saturated heterocycles. The van der Waals surface area contributed by atoms with E-state index in [0.717, 1.165) is 5.69 Å². The van der Waals surface area contributed by atoms with Crippen LogP contribution in [0.1, 0.15) is 25.5 Å². The number of hydrogen-bond acceptors (Lipinski definition) is 6. The number of rotatable bonds is 1. The van der Waals surface area contributed by atoms with E-state index in [9.17, 15) is 0 Å². The Hall–Kier alpha value is -2.08. The molecule has 0 atom stereocenters. The summed E-state index contributed by atoms with van der Waals surface area (Å²) in [6.45, 7) is 4.01. The second-order valence-corrected chi connectivity index (χ2v) is 4.42. The van der Waals surface area contributed by atoms with Crippen LogP contribution in [0.15, 0.2) is 24.7 Å². The molecule has 2 heterocycles. The predicted molar refractivity (Wildman–Crippen MR) is 73.1 cm³/mol. The van der Waals surface area contributed by atoms with Gasteiger partial charge in [0.05, 0.1) is 29.3 Å². The summed E-state index contributed by atoms with van der Waals surface area (Å²) in [7, 11) is 0. The third kappa shape index (κ3) is 4.97. The first kappa shape index (κ1) is 15.0. The highest BCUT2D eigenvalue weighted by atomic mass is 35.5. The van der Waals surface area contributed by atoms with Gasteiger partial charge in [-0.25, -0.2) is 9.97 Å². The summed E-state index contributed by atoms with van der Waals surface area (Å²) in [5, 5.41) is 18.1. The second-order valence-electron chi connectivity index (χ2n) is 4.01. The van der Waals surface area contributed by atoms with E-state index in [1.807, 2.05) is 13.8 Å². The van der Waals surface area contributed by atoms with E-state index in [1.54, 1.807) is 0 Å². The van der Waals surface area contributed by atoms with E-state index in [4.69, 9.17) is 27.5 Å². The highest BCUT2D eigenvalue weighted by molar-refractivity contribution is 6.31. The minimum atomic E-state index is 0.0270. The third-order valence-electron chi connectivity index (χ3n) is 2.06. The molecule has 0 radical (unpaired) electrons. The first-order valence-corrected chi connectivity index (χ1v) is 5.89. The molecule has 0 amide bonds. The summed E-state index contributed by atoms with van der Waals surface area (Å²) < 4.78 is 0. The highest BCUT2D eigenvalue weighted by Crippen LogP contribution is 2.24. The van der Waals surface area contributed by atoms with Crippen molar-refractivity contribution >= 4 is 17.5 Å². The van der Waals surface area contributed by atoms with Gasteiger partial charge in [0.15, 0.2) is 5.75 Å². The van der Waals surface area contributed by atoms with Gasteiger partial charge in [-0.3, -0.25) is 4.98 Å². The number of anilines is 1.